The number of carbonyl (C=O) groups excluding carboxylic acids is 2. The van der Waals surface area contributed by atoms with Crippen LogP contribution in [-0.2, 0) is 14.3 Å². The fourth-order valence-electron chi connectivity index (χ4n) is 2.61. The van der Waals surface area contributed by atoms with E-state index >= 15 is 0 Å². The molecule has 5 nitrogen and oxygen atoms in total. The maximum absolute atomic E-state index is 12.5. The van der Waals surface area contributed by atoms with Crippen molar-refractivity contribution in [1.82, 2.24) is 10.2 Å². The Labute approximate surface area is 115 Å². The van der Waals surface area contributed by atoms with Gasteiger partial charge in [0.25, 0.3) is 0 Å². The van der Waals surface area contributed by atoms with Crippen LogP contribution in [0.15, 0.2) is 0 Å². The topological polar surface area (TPSA) is 58.6 Å². The van der Waals surface area contributed by atoms with Gasteiger partial charge in [-0.25, -0.2) is 4.79 Å². The Morgan fingerprint density at radius 2 is 2.00 bits per heavy atom. The molecule has 1 aliphatic rings. The first-order chi connectivity index (χ1) is 8.88. The lowest BCUT2D eigenvalue weighted by Crippen LogP contribution is -2.58. The Morgan fingerprint density at radius 3 is 2.47 bits per heavy atom. The second-order valence-electron chi connectivity index (χ2n) is 5.76. The molecule has 0 aromatic heterocycles. The largest absolute Gasteiger partial charge is 0.467 e. The summed E-state index contributed by atoms with van der Waals surface area (Å²) < 4.78 is 4.84. The summed E-state index contributed by atoms with van der Waals surface area (Å²) in [6, 6.07) is -0.404. The Balaban J connectivity index is 2.85. The summed E-state index contributed by atoms with van der Waals surface area (Å²) in [7, 11) is 1.37. The minimum Gasteiger partial charge on any atom is -0.467 e. The average Bonchev–Trinajstić information content (AvgIpc) is 2.32. The minimum absolute atomic E-state index is 0.0176. The highest BCUT2D eigenvalue weighted by Crippen LogP contribution is 2.20. The SMILES string of the molecule is COC(=O)C(C(C)C)N1CCCC(NC(C)C)C1=O. The van der Waals surface area contributed by atoms with E-state index in [1.165, 1.54) is 7.11 Å². The number of methoxy groups -OCH3 is 1. The Hall–Kier alpha value is -1.10. The van der Waals surface area contributed by atoms with Gasteiger partial charge in [0.2, 0.25) is 5.91 Å². The molecule has 0 aliphatic carbocycles. The van der Waals surface area contributed by atoms with Crippen molar-refractivity contribution in [2.45, 2.75) is 58.7 Å². The third-order valence-electron chi connectivity index (χ3n) is 3.42. The summed E-state index contributed by atoms with van der Waals surface area (Å²) in [6.07, 6.45) is 1.75. The maximum Gasteiger partial charge on any atom is 0.328 e. The van der Waals surface area contributed by atoms with E-state index in [4.69, 9.17) is 4.74 Å². The molecule has 1 saturated heterocycles. The van der Waals surface area contributed by atoms with Crippen LogP contribution in [-0.4, -0.2) is 48.6 Å². The lowest BCUT2D eigenvalue weighted by atomic mass is 9.96. The van der Waals surface area contributed by atoms with Crippen LogP contribution in [0.3, 0.4) is 0 Å². The molecular weight excluding hydrogens is 244 g/mol. The van der Waals surface area contributed by atoms with Gasteiger partial charge < -0.3 is 15.0 Å². The fourth-order valence-corrected chi connectivity index (χ4v) is 2.61. The van der Waals surface area contributed by atoms with Gasteiger partial charge in [-0.05, 0) is 18.8 Å². The van der Waals surface area contributed by atoms with Crippen molar-refractivity contribution in [2.24, 2.45) is 5.92 Å². The lowest BCUT2D eigenvalue weighted by molar-refractivity contribution is -0.157. The number of nitrogens with one attached hydrogen (secondary N) is 1. The third-order valence-corrected chi connectivity index (χ3v) is 3.42. The number of piperidine rings is 1. The Kier molecular flexibility index (Phi) is 5.79. The summed E-state index contributed by atoms with van der Waals surface area (Å²) in [4.78, 5) is 26.1. The van der Waals surface area contributed by atoms with Gasteiger partial charge in [0, 0.05) is 12.6 Å². The van der Waals surface area contributed by atoms with Crippen LogP contribution in [0, 0.1) is 5.92 Å². The molecule has 2 atom stereocenters. The van der Waals surface area contributed by atoms with E-state index in [0.29, 0.717) is 6.54 Å². The maximum atomic E-state index is 12.5. The Bertz CT molecular complexity index is 329. The first kappa shape index (κ1) is 16.0. The van der Waals surface area contributed by atoms with Crippen LogP contribution < -0.4 is 5.32 Å². The van der Waals surface area contributed by atoms with E-state index in [-0.39, 0.29) is 29.9 Å². The third kappa shape index (κ3) is 3.93. The van der Waals surface area contributed by atoms with E-state index in [1.54, 1.807) is 4.90 Å². The van der Waals surface area contributed by atoms with Crippen molar-refractivity contribution < 1.29 is 14.3 Å². The van der Waals surface area contributed by atoms with Gasteiger partial charge >= 0.3 is 5.97 Å². The lowest BCUT2D eigenvalue weighted by Gasteiger charge is -2.39. The number of esters is 1. The van der Waals surface area contributed by atoms with Crippen LogP contribution in [0.4, 0.5) is 0 Å². The van der Waals surface area contributed by atoms with E-state index in [2.05, 4.69) is 5.32 Å². The highest BCUT2D eigenvalue weighted by atomic mass is 16.5. The van der Waals surface area contributed by atoms with Crippen molar-refractivity contribution in [3.63, 3.8) is 0 Å². The van der Waals surface area contributed by atoms with Gasteiger partial charge in [-0.15, -0.1) is 0 Å². The molecule has 0 spiro atoms. The fraction of sp³-hybridized carbons (Fsp3) is 0.857. The van der Waals surface area contributed by atoms with Gasteiger partial charge in [0.1, 0.15) is 6.04 Å². The molecule has 0 aromatic carbocycles. The van der Waals surface area contributed by atoms with Crippen molar-refractivity contribution in [2.75, 3.05) is 13.7 Å². The smallest absolute Gasteiger partial charge is 0.328 e. The summed E-state index contributed by atoms with van der Waals surface area (Å²) >= 11 is 0. The summed E-state index contributed by atoms with van der Waals surface area (Å²) in [5, 5.41) is 3.27. The highest BCUT2D eigenvalue weighted by molar-refractivity contribution is 5.88. The number of hydrogen-bond acceptors (Lipinski definition) is 4. The molecule has 0 saturated carbocycles. The van der Waals surface area contributed by atoms with Crippen molar-refractivity contribution in [3.05, 3.63) is 0 Å². The molecule has 0 aromatic rings. The van der Waals surface area contributed by atoms with Crippen LogP contribution in [0.1, 0.15) is 40.5 Å². The normalized spacial score (nSPS) is 21.9. The molecule has 2 unspecified atom stereocenters. The van der Waals surface area contributed by atoms with Crippen molar-refractivity contribution >= 4 is 11.9 Å². The quantitative estimate of drug-likeness (QED) is 0.762. The first-order valence-corrected chi connectivity index (χ1v) is 7.02. The van der Waals surface area contributed by atoms with Gasteiger partial charge in [-0.1, -0.05) is 27.7 Å². The molecular formula is C14H26N2O3. The Morgan fingerprint density at radius 1 is 1.37 bits per heavy atom. The van der Waals surface area contributed by atoms with Crippen LogP contribution in [0.2, 0.25) is 0 Å². The summed E-state index contributed by atoms with van der Waals surface area (Å²) in [6.45, 7) is 8.55. The molecule has 110 valence electrons. The van der Waals surface area contributed by atoms with Crippen LogP contribution in [0.5, 0.6) is 0 Å². The second-order valence-corrected chi connectivity index (χ2v) is 5.76. The molecule has 1 fully saturated rings. The summed E-state index contributed by atoms with van der Waals surface area (Å²) in [5.41, 5.74) is 0. The number of hydrogen-bond donors (Lipinski definition) is 1. The molecule has 1 N–H and O–H groups in total. The monoisotopic (exact) mass is 270 g/mol. The summed E-state index contributed by atoms with van der Waals surface area (Å²) in [5.74, 6) is -0.258. The zero-order valence-corrected chi connectivity index (χ0v) is 12.6. The van der Waals surface area contributed by atoms with E-state index < -0.39 is 6.04 Å². The molecule has 5 heteroatoms. The van der Waals surface area contributed by atoms with E-state index in [9.17, 15) is 9.59 Å². The molecule has 0 radical (unpaired) electrons. The van der Waals surface area contributed by atoms with Gasteiger partial charge in [-0.3, -0.25) is 4.79 Å². The number of amides is 1. The van der Waals surface area contributed by atoms with Crippen molar-refractivity contribution in [3.8, 4) is 0 Å². The first-order valence-electron chi connectivity index (χ1n) is 7.02. The predicted molar refractivity (Wildman–Crippen MR) is 73.6 cm³/mol. The standard InChI is InChI=1S/C14H26N2O3/c1-9(2)12(14(18)19-5)16-8-6-7-11(13(16)17)15-10(3)4/h9-12,15H,6-8H2,1-5H3. The average molecular weight is 270 g/mol. The molecule has 1 amide bonds. The number of ether oxygens (including phenoxy) is 1. The van der Waals surface area contributed by atoms with Crippen molar-refractivity contribution in [1.29, 1.82) is 0 Å². The van der Waals surface area contributed by atoms with E-state index in [0.717, 1.165) is 12.8 Å². The molecule has 1 aliphatic heterocycles. The second kappa shape index (κ2) is 6.89. The predicted octanol–water partition coefficient (Wildman–Crippen LogP) is 1.17. The number of nitrogens with zero attached hydrogens (tertiary/aromatic N) is 1. The molecule has 0 bridgehead atoms. The highest BCUT2D eigenvalue weighted by Gasteiger charge is 2.38. The minimum atomic E-state index is -0.478. The number of carbonyl (C=O) groups is 2. The zero-order chi connectivity index (χ0) is 14.6. The van der Waals surface area contributed by atoms with Crippen LogP contribution >= 0.6 is 0 Å². The number of likely N-dealkylation sites (tertiary alicyclic amines) is 1. The van der Waals surface area contributed by atoms with Gasteiger partial charge in [0.15, 0.2) is 0 Å². The molecule has 1 heterocycles. The van der Waals surface area contributed by atoms with E-state index in [1.807, 2.05) is 27.7 Å². The van der Waals surface area contributed by atoms with Crippen LogP contribution in [0.25, 0.3) is 0 Å². The zero-order valence-electron chi connectivity index (χ0n) is 12.6. The van der Waals surface area contributed by atoms with Gasteiger partial charge in [-0.2, -0.15) is 0 Å². The number of rotatable bonds is 5. The van der Waals surface area contributed by atoms with Gasteiger partial charge in [0.05, 0.1) is 13.2 Å². The molecule has 19 heavy (non-hydrogen) atoms. The molecule has 1 rings (SSSR count).